The van der Waals surface area contributed by atoms with Crippen molar-refractivity contribution in [1.29, 1.82) is 0 Å². The van der Waals surface area contributed by atoms with Crippen LogP contribution >= 0.6 is 0 Å². The summed E-state index contributed by atoms with van der Waals surface area (Å²) in [4.78, 5) is 0. The fourth-order valence-corrected chi connectivity index (χ4v) is 1.84. The molecule has 0 aromatic rings. The SMILES string of the molecule is CC(C)(C)C1=[C-]CC=C1.CC(C)(C)C1=[C-]CC=C1.[Mg+2]. The van der Waals surface area contributed by atoms with Crippen molar-refractivity contribution in [3.63, 3.8) is 0 Å². The zero-order chi connectivity index (χ0) is 13.8. The van der Waals surface area contributed by atoms with Gasteiger partial charge < -0.3 is 0 Å². The van der Waals surface area contributed by atoms with E-state index < -0.39 is 0 Å². The molecule has 100 valence electrons. The van der Waals surface area contributed by atoms with Crippen molar-refractivity contribution >= 4 is 23.1 Å². The molecule has 0 saturated heterocycles. The first-order valence-electron chi connectivity index (χ1n) is 6.77. The molecule has 0 N–H and O–H groups in total. The molecular weight excluding hydrogens is 241 g/mol. The Labute approximate surface area is 135 Å². The number of allylic oxidation sites excluding steroid dienone is 8. The summed E-state index contributed by atoms with van der Waals surface area (Å²) in [6.45, 7) is 13.3. The van der Waals surface area contributed by atoms with Gasteiger partial charge >= 0.3 is 23.1 Å². The minimum Gasteiger partial charge on any atom is -0.269 e. The molecule has 2 aliphatic rings. The van der Waals surface area contributed by atoms with Crippen LogP contribution in [0.4, 0.5) is 0 Å². The zero-order valence-electron chi connectivity index (χ0n) is 13.4. The first kappa shape index (κ1) is 18.7. The van der Waals surface area contributed by atoms with E-state index in [4.69, 9.17) is 0 Å². The van der Waals surface area contributed by atoms with E-state index in [1.807, 2.05) is 0 Å². The van der Waals surface area contributed by atoms with Gasteiger partial charge in [0.05, 0.1) is 0 Å². The van der Waals surface area contributed by atoms with Gasteiger partial charge in [-0.1, -0.05) is 41.5 Å². The topological polar surface area (TPSA) is 0 Å². The molecule has 1 heteroatoms. The van der Waals surface area contributed by atoms with Crippen molar-refractivity contribution in [2.75, 3.05) is 0 Å². The molecule has 0 aromatic carbocycles. The second kappa shape index (κ2) is 7.49. The summed E-state index contributed by atoms with van der Waals surface area (Å²) < 4.78 is 0. The van der Waals surface area contributed by atoms with Crippen molar-refractivity contribution < 1.29 is 0 Å². The Hall–Kier alpha value is -0.274. The summed E-state index contributed by atoms with van der Waals surface area (Å²) in [7, 11) is 0. The van der Waals surface area contributed by atoms with Gasteiger partial charge in [0.2, 0.25) is 0 Å². The molecular formula is C18H26Mg. The van der Waals surface area contributed by atoms with Crippen LogP contribution in [0.25, 0.3) is 0 Å². The third kappa shape index (κ3) is 6.62. The minimum absolute atomic E-state index is 0. The van der Waals surface area contributed by atoms with Crippen LogP contribution in [0.3, 0.4) is 0 Å². The van der Waals surface area contributed by atoms with E-state index in [-0.39, 0.29) is 23.1 Å². The van der Waals surface area contributed by atoms with Crippen molar-refractivity contribution in [3.8, 4) is 0 Å². The van der Waals surface area contributed by atoms with Gasteiger partial charge in [0, 0.05) is 0 Å². The van der Waals surface area contributed by atoms with Crippen LogP contribution < -0.4 is 0 Å². The smallest absolute Gasteiger partial charge is 0.269 e. The molecule has 0 saturated carbocycles. The number of hydrogen-bond donors (Lipinski definition) is 0. The molecule has 0 amide bonds. The van der Waals surface area contributed by atoms with E-state index in [2.05, 4.69) is 78.0 Å². The normalized spacial score (nSPS) is 17.4. The second-order valence-electron chi connectivity index (χ2n) is 6.89. The van der Waals surface area contributed by atoms with Gasteiger partial charge in [-0.3, -0.25) is 12.2 Å². The number of rotatable bonds is 0. The van der Waals surface area contributed by atoms with Crippen LogP contribution in [0.1, 0.15) is 54.4 Å². The maximum Gasteiger partial charge on any atom is 2.00 e. The first-order valence-corrected chi connectivity index (χ1v) is 6.77. The molecule has 0 atom stereocenters. The van der Waals surface area contributed by atoms with Gasteiger partial charge in [-0.2, -0.15) is 12.2 Å². The van der Waals surface area contributed by atoms with Gasteiger partial charge in [-0.05, 0) is 10.8 Å². The zero-order valence-corrected chi connectivity index (χ0v) is 14.8. The predicted octanol–water partition coefficient (Wildman–Crippen LogP) is 5.06. The van der Waals surface area contributed by atoms with Gasteiger partial charge in [-0.25, -0.2) is 23.3 Å². The van der Waals surface area contributed by atoms with Gasteiger partial charge in [0.1, 0.15) is 0 Å². The van der Waals surface area contributed by atoms with Gasteiger partial charge in [0.25, 0.3) is 0 Å². The van der Waals surface area contributed by atoms with Crippen LogP contribution in [0, 0.1) is 23.0 Å². The van der Waals surface area contributed by atoms with Crippen LogP contribution in [0.2, 0.25) is 0 Å². The summed E-state index contributed by atoms with van der Waals surface area (Å²) in [5, 5.41) is 0. The monoisotopic (exact) mass is 266 g/mol. The Balaban J connectivity index is 0.000000324. The maximum atomic E-state index is 3.30. The van der Waals surface area contributed by atoms with E-state index in [9.17, 15) is 0 Å². The second-order valence-corrected chi connectivity index (χ2v) is 6.89. The van der Waals surface area contributed by atoms with Crippen LogP contribution in [0.15, 0.2) is 35.5 Å². The van der Waals surface area contributed by atoms with E-state index in [1.54, 1.807) is 0 Å². The van der Waals surface area contributed by atoms with Gasteiger partial charge in [-0.15, -0.1) is 12.8 Å². The molecule has 0 aliphatic heterocycles. The summed E-state index contributed by atoms with van der Waals surface area (Å²) in [6.07, 6.45) is 17.3. The fourth-order valence-electron chi connectivity index (χ4n) is 1.84. The molecule has 0 radical (unpaired) electrons. The van der Waals surface area contributed by atoms with Crippen molar-refractivity contribution in [1.82, 2.24) is 0 Å². The van der Waals surface area contributed by atoms with Crippen molar-refractivity contribution in [3.05, 3.63) is 47.6 Å². The summed E-state index contributed by atoms with van der Waals surface area (Å²) in [6, 6.07) is 0. The molecule has 2 aliphatic carbocycles. The first-order chi connectivity index (χ1) is 8.21. The average molecular weight is 267 g/mol. The third-order valence-corrected chi connectivity index (χ3v) is 3.01. The van der Waals surface area contributed by atoms with E-state index in [1.165, 1.54) is 11.1 Å². The van der Waals surface area contributed by atoms with Crippen LogP contribution in [-0.2, 0) is 0 Å². The largest absolute Gasteiger partial charge is 2.00 e. The van der Waals surface area contributed by atoms with Crippen LogP contribution in [-0.4, -0.2) is 23.1 Å². The predicted molar refractivity (Wildman–Crippen MR) is 85.7 cm³/mol. The molecule has 0 heterocycles. The van der Waals surface area contributed by atoms with E-state index in [0.29, 0.717) is 10.8 Å². The van der Waals surface area contributed by atoms with Crippen molar-refractivity contribution in [2.24, 2.45) is 10.8 Å². The van der Waals surface area contributed by atoms with Crippen LogP contribution in [0.5, 0.6) is 0 Å². The van der Waals surface area contributed by atoms with E-state index in [0.717, 1.165) is 12.8 Å². The molecule has 0 spiro atoms. The molecule has 0 bridgehead atoms. The summed E-state index contributed by atoms with van der Waals surface area (Å²) in [5.41, 5.74) is 3.30. The Bertz CT molecular complexity index is 352. The van der Waals surface area contributed by atoms with Crippen molar-refractivity contribution in [2.45, 2.75) is 54.4 Å². The maximum absolute atomic E-state index is 3.30. The molecule has 0 aromatic heterocycles. The Morgan fingerprint density at radius 3 is 1.16 bits per heavy atom. The average Bonchev–Trinajstić information content (AvgIpc) is 2.91. The molecule has 0 unspecified atom stereocenters. The molecule has 2 rings (SSSR count). The van der Waals surface area contributed by atoms with E-state index >= 15 is 0 Å². The Morgan fingerprint density at radius 1 is 0.737 bits per heavy atom. The molecule has 0 nitrogen and oxygen atoms in total. The Morgan fingerprint density at radius 2 is 1.05 bits per heavy atom. The standard InChI is InChI=1S/2C9H13.Mg/c2*1-9(2,3)8-6-4-5-7-8;/h2*4,6H,5H2,1-3H3;/q2*-1;+2. The Kier molecular flexibility index (Phi) is 7.39. The third-order valence-electron chi connectivity index (χ3n) is 3.01. The number of hydrogen-bond acceptors (Lipinski definition) is 0. The van der Waals surface area contributed by atoms with Gasteiger partial charge in [0.15, 0.2) is 0 Å². The molecule has 19 heavy (non-hydrogen) atoms. The quantitative estimate of drug-likeness (QED) is 0.424. The molecule has 0 fully saturated rings. The summed E-state index contributed by atoms with van der Waals surface area (Å²) >= 11 is 0. The summed E-state index contributed by atoms with van der Waals surface area (Å²) in [5.74, 6) is 0. The minimum atomic E-state index is 0. The fraction of sp³-hybridized carbons (Fsp3) is 0.556.